The van der Waals surface area contributed by atoms with E-state index in [1.165, 1.54) is 64.2 Å². The molecule has 2 fully saturated rings. The Hall–Kier alpha value is -0.420. The summed E-state index contributed by atoms with van der Waals surface area (Å²) in [5.74, 6) is 0. The van der Waals surface area contributed by atoms with Gasteiger partial charge in [-0.15, -0.1) is 0 Å². The van der Waals surface area contributed by atoms with Gasteiger partial charge in [0.1, 0.15) is 0 Å². The molecule has 1 nitrogen and oxygen atoms in total. The first-order valence-electron chi connectivity index (χ1n) is 8.13. The van der Waals surface area contributed by atoms with Crippen LogP contribution in [0.1, 0.15) is 64.2 Å². The third-order valence-corrected chi connectivity index (χ3v) is 8.40. The molecule has 2 aliphatic rings. The van der Waals surface area contributed by atoms with Crippen LogP contribution < -0.4 is 5.30 Å². The Balaban J connectivity index is 1.81. The normalized spacial score (nSPS) is 22.8. The van der Waals surface area contributed by atoms with Crippen molar-refractivity contribution in [3.05, 3.63) is 24.5 Å². The summed E-state index contributed by atoms with van der Waals surface area (Å²) in [6.07, 6.45) is 18.8. The monoisotopic (exact) mass is 275 g/mol. The lowest BCUT2D eigenvalue weighted by molar-refractivity contribution is 0.487. The minimum atomic E-state index is 0.0679. The van der Waals surface area contributed by atoms with Gasteiger partial charge in [-0.05, 0) is 54.4 Å². The second kappa shape index (κ2) is 6.84. The molecule has 2 saturated carbocycles. The van der Waals surface area contributed by atoms with Gasteiger partial charge in [0.15, 0.2) is 0 Å². The first kappa shape index (κ1) is 13.6. The molecule has 104 valence electrons. The van der Waals surface area contributed by atoms with Gasteiger partial charge in [0, 0.05) is 12.4 Å². The molecule has 0 radical (unpaired) electrons. The second-order valence-corrected chi connectivity index (χ2v) is 8.99. The van der Waals surface area contributed by atoms with Crippen molar-refractivity contribution in [1.82, 2.24) is 4.98 Å². The van der Waals surface area contributed by atoms with Crippen LogP contribution in [-0.4, -0.2) is 16.3 Å². The Labute approximate surface area is 119 Å². The molecule has 0 unspecified atom stereocenters. The first-order valence-corrected chi connectivity index (χ1v) is 9.61. The van der Waals surface area contributed by atoms with Crippen LogP contribution in [0.25, 0.3) is 0 Å². The summed E-state index contributed by atoms with van der Waals surface area (Å²) in [7, 11) is 0.0679. The molecule has 0 amide bonds. The summed E-state index contributed by atoms with van der Waals surface area (Å²) in [5.41, 5.74) is 2.02. The summed E-state index contributed by atoms with van der Waals surface area (Å²) in [4.78, 5) is 4.23. The van der Waals surface area contributed by atoms with Gasteiger partial charge in [-0.25, -0.2) is 0 Å². The average Bonchev–Trinajstić information content (AvgIpc) is 2.51. The van der Waals surface area contributed by atoms with Gasteiger partial charge in [-0.2, -0.15) is 0 Å². The molecule has 1 aromatic rings. The van der Waals surface area contributed by atoms with Crippen molar-refractivity contribution < 1.29 is 0 Å². The van der Waals surface area contributed by atoms with E-state index in [4.69, 9.17) is 0 Å². The fraction of sp³-hybridized carbons (Fsp3) is 0.706. The van der Waals surface area contributed by atoms with Gasteiger partial charge in [0.05, 0.1) is 0 Å². The maximum atomic E-state index is 4.23. The quantitative estimate of drug-likeness (QED) is 0.718. The SMILES string of the molecule is c1cc(P(C2CCCCC2)C2CCCCC2)ccn1. The zero-order valence-electron chi connectivity index (χ0n) is 11.9. The van der Waals surface area contributed by atoms with Crippen molar-refractivity contribution in [2.24, 2.45) is 0 Å². The van der Waals surface area contributed by atoms with E-state index < -0.39 is 0 Å². The van der Waals surface area contributed by atoms with E-state index in [0.29, 0.717) is 0 Å². The molecule has 0 atom stereocenters. The Bertz CT molecular complexity index is 348. The van der Waals surface area contributed by atoms with Crippen molar-refractivity contribution in [3.8, 4) is 0 Å². The maximum absolute atomic E-state index is 4.23. The lowest BCUT2D eigenvalue weighted by Gasteiger charge is -2.38. The highest BCUT2D eigenvalue weighted by Crippen LogP contribution is 2.54. The smallest absolute Gasteiger partial charge is 0.0274 e. The highest BCUT2D eigenvalue weighted by Gasteiger charge is 2.31. The predicted octanol–water partition coefficient (Wildman–Crippen LogP) is 4.85. The Kier molecular flexibility index (Phi) is 4.88. The van der Waals surface area contributed by atoms with Crippen LogP contribution in [0.15, 0.2) is 24.5 Å². The van der Waals surface area contributed by atoms with E-state index in [1.54, 1.807) is 5.30 Å². The van der Waals surface area contributed by atoms with Gasteiger partial charge in [0.25, 0.3) is 0 Å². The fourth-order valence-electron chi connectivity index (χ4n) is 3.95. The number of hydrogen-bond acceptors (Lipinski definition) is 1. The Morgan fingerprint density at radius 2 is 1.21 bits per heavy atom. The topological polar surface area (TPSA) is 12.9 Å². The molecule has 0 N–H and O–H groups in total. The number of aromatic nitrogens is 1. The minimum Gasteiger partial charge on any atom is -0.265 e. The van der Waals surface area contributed by atoms with Crippen LogP contribution in [-0.2, 0) is 0 Å². The summed E-state index contributed by atoms with van der Waals surface area (Å²) in [6, 6.07) is 4.63. The molecule has 2 aliphatic carbocycles. The second-order valence-electron chi connectivity index (χ2n) is 6.20. The Morgan fingerprint density at radius 3 is 1.68 bits per heavy atom. The molecule has 0 bridgehead atoms. The molecule has 19 heavy (non-hydrogen) atoms. The largest absolute Gasteiger partial charge is 0.265 e. The van der Waals surface area contributed by atoms with Crippen molar-refractivity contribution in [2.45, 2.75) is 75.5 Å². The van der Waals surface area contributed by atoms with Crippen molar-refractivity contribution >= 4 is 13.2 Å². The van der Waals surface area contributed by atoms with Crippen LogP contribution in [0.4, 0.5) is 0 Å². The number of nitrogens with zero attached hydrogens (tertiary/aromatic N) is 1. The van der Waals surface area contributed by atoms with E-state index in [-0.39, 0.29) is 7.92 Å². The van der Waals surface area contributed by atoms with E-state index >= 15 is 0 Å². The van der Waals surface area contributed by atoms with Gasteiger partial charge < -0.3 is 0 Å². The standard InChI is InChI=1S/C17H26NP/c1-3-7-15(8-4-1)19(16-9-5-2-6-10-16)17-11-13-18-14-12-17/h11-16H,1-10H2. The molecule has 0 spiro atoms. The molecular weight excluding hydrogens is 249 g/mol. The van der Waals surface area contributed by atoms with E-state index in [2.05, 4.69) is 17.1 Å². The third kappa shape index (κ3) is 3.37. The van der Waals surface area contributed by atoms with Crippen molar-refractivity contribution in [2.75, 3.05) is 0 Å². The van der Waals surface area contributed by atoms with Crippen molar-refractivity contribution in [1.29, 1.82) is 0 Å². The molecular formula is C17H26NP. The zero-order valence-corrected chi connectivity index (χ0v) is 12.8. The molecule has 3 rings (SSSR count). The van der Waals surface area contributed by atoms with Crippen molar-refractivity contribution in [3.63, 3.8) is 0 Å². The maximum Gasteiger partial charge on any atom is 0.0274 e. The van der Waals surface area contributed by atoms with Gasteiger partial charge in [-0.3, -0.25) is 4.98 Å². The van der Waals surface area contributed by atoms with E-state index in [9.17, 15) is 0 Å². The number of pyridine rings is 1. The number of rotatable bonds is 3. The summed E-state index contributed by atoms with van der Waals surface area (Å²) < 4.78 is 0. The lowest BCUT2D eigenvalue weighted by Crippen LogP contribution is -2.26. The number of hydrogen-bond donors (Lipinski definition) is 0. The highest BCUT2D eigenvalue weighted by atomic mass is 31.1. The summed E-state index contributed by atoms with van der Waals surface area (Å²) in [5, 5.41) is 1.64. The summed E-state index contributed by atoms with van der Waals surface area (Å²) >= 11 is 0. The fourth-order valence-corrected chi connectivity index (χ4v) is 7.71. The van der Waals surface area contributed by atoms with Crippen LogP contribution in [0.3, 0.4) is 0 Å². The van der Waals surface area contributed by atoms with Gasteiger partial charge in [-0.1, -0.05) is 46.4 Å². The average molecular weight is 275 g/mol. The third-order valence-electron chi connectivity index (χ3n) is 4.90. The molecule has 0 aliphatic heterocycles. The molecule has 2 heteroatoms. The van der Waals surface area contributed by atoms with Gasteiger partial charge in [0.2, 0.25) is 0 Å². The Morgan fingerprint density at radius 1 is 0.737 bits per heavy atom. The minimum absolute atomic E-state index is 0.0679. The van der Waals surface area contributed by atoms with Crippen LogP contribution in [0, 0.1) is 0 Å². The predicted molar refractivity (Wildman–Crippen MR) is 84.5 cm³/mol. The molecule has 1 heterocycles. The molecule has 1 aromatic heterocycles. The van der Waals surface area contributed by atoms with Crippen LogP contribution in [0.5, 0.6) is 0 Å². The zero-order chi connectivity index (χ0) is 12.9. The van der Waals surface area contributed by atoms with Crippen LogP contribution in [0.2, 0.25) is 0 Å². The van der Waals surface area contributed by atoms with Crippen LogP contribution >= 0.6 is 7.92 Å². The van der Waals surface area contributed by atoms with E-state index in [0.717, 1.165) is 11.3 Å². The lowest BCUT2D eigenvalue weighted by atomic mass is 9.99. The molecule has 0 aromatic carbocycles. The molecule has 0 saturated heterocycles. The van der Waals surface area contributed by atoms with E-state index in [1.807, 2.05) is 12.4 Å². The summed E-state index contributed by atoms with van der Waals surface area (Å²) in [6.45, 7) is 0. The first-order chi connectivity index (χ1) is 9.45. The van der Waals surface area contributed by atoms with Gasteiger partial charge >= 0.3 is 0 Å². The highest BCUT2D eigenvalue weighted by molar-refractivity contribution is 7.67.